The maximum atomic E-state index is 13.5. The van der Waals surface area contributed by atoms with Crippen LogP contribution in [0.5, 0.6) is 0 Å². The van der Waals surface area contributed by atoms with Gasteiger partial charge in [-0.1, -0.05) is 36.8 Å². The molecule has 2 aromatic rings. The molecule has 2 unspecified atom stereocenters. The van der Waals surface area contributed by atoms with Crippen molar-refractivity contribution < 1.29 is 14.0 Å². The van der Waals surface area contributed by atoms with Crippen LogP contribution in [-0.4, -0.2) is 34.6 Å². The molecule has 5 heteroatoms. The van der Waals surface area contributed by atoms with Crippen molar-refractivity contribution in [3.8, 4) is 0 Å². The first-order chi connectivity index (χ1) is 13.6. The van der Waals surface area contributed by atoms with Crippen molar-refractivity contribution in [2.45, 2.75) is 38.8 Å². The monoisotopic (exact) mass is 378 g/mol. The van der Waals surface area contributed by atoms with Crippen molar-refractivity contribution in [1.82, 2.24) is 9.80 Å². The smallest absolute Gasteiger partial charge is 0.240 e. The number of hydrogen-bond acceptors (Lipinski definition) is 4. The Morgan fingerprint density at radius 3 is 2.46 bits per heavy atom. The van der Waals surface area contributed by atoms with Gasteiger partial charge in [0.25, 0.3) is 0 Å². The Labute approximate surface area is 165 Å². The lowest BCUT2D eigenvalue weighted by atomic mass is 9.83. The van der Waals surface area contributed by atoms with E-state index in [0.29, 0.717) is 18.0 Å². The van der Waals surface area contributed by atoms with E-state index >= 15 is 0 Å². The van der Waals surface area contributed by atoms with Crippen LogP contribution in [0, 0.1) is 5.92 Å². The predicted octanol–water partition coefficient (Wildman–Crippen LogP) is 3.94. The van der Waals surface area contributed by atoms with E-state index in [1.165, 1.54) is 6.42 Å². The summed E-state index contributed by atoms with van der Waals surface area (Å²) in [6.07, 6.45) is 6.63. The number of nitrogens with zero attached hydrogens (tertiary/aromatic N) is 2. The third-order valence-electron chi connectivity index (χ3n) is 5.75. The van der Waals surface area contributed by atoms with Gasteiger partial charge in [-0.3, -0.25) is 14.5 Å². The third kappa shape index (κ3) is 3.67. The van der Waals surface area contributed by atoms with Gasteiger partial charge >= 0.3 is 0 Å². The molecule has 28 heavy (non-hydrogen) atoms. The molecule has 146 valence electrons. The van der Waals surface area contributed by atoms with Crippen molar-refractivity contribution in [2.75, 3.05) is 13.1 Å². The van der Waals surface area contributed by atoms with E-state index in [0.717, 1.165) is 31.5 Å². The summed E-state index contributed by atoms with van der Waals surface area (Å²) >= 11 is 0. The molecule has 0 N–H and O–H groups in total. The van der Waals surface area contributed by atoms with Gasteiger partial charge in [0.15, 0.2) is 5.78 Å². The number of carbonyl (C=O) groups is 2. The molecule has 0 saturated carbocycles. The molecule has 2 aliphatic heterocycles. The molecule has 1 amide bonds. The Morgan fingerprint density at radius 1 is 1.04 bits per heavy atom. The van der Waals surface area contributed by atoms with E-state index in [4.69, 9.17) is 4.42 Å². The quantitative estimate of drug-likeness (QED) is 0.740. The molecule has 2 atom stereocenters. The summed E-state index contributed by atoms with van der Waals surface area (Å²) in [5.74, 6) is -0.249. The van der Waals surface area contributed by atoms with Crippen LogP contribution < -0.4 is 0 Å². The standard InChI is InChI=1S/C23H26N2O3/c1-17-15-20(26)21(23(27)25(17)16-19-11-8-14-28-19)22(18-9-4-2-5-10-18)24-12-6-3-7-13-24/h2,4-5,8-11,14-15,21-22H,3,6-7,12-13,16H2,1H3. The van der Waals surface area contributed by atoms with E-state index in [2.05, 4.69) is 4.90 Å². The summed E-state index contributed by atoms with van der Waals surface area (Å²) in [6, 6.07) is 13.4. The summed E-state index contributed by atoms with van der Waals surface area (Å²) < 4.78 is 5.44. The molecular formula is C23H26N2O3. The number of piperidine rings is 1. The average molecular weight is 378 g/mol. The number of hydrogen-bond donors (Lipinski definition) is 0. The minimum Gasteiger partial charge on any atom is -0.467 e. The van der Waals surface area contributed by atoms with Gasteiger partial charge in [-0.15, -0.1) is 0 Å². The van der Waals surface area contributed by atoms with Crippen LogP contribution in [0.25, 0.3) is 0 Å². The molecule has 5 nitrogen and oxygen atoms in total. The van der Waals surface area contributed by atoms with Gasteiger partial charge in [-0.2, -0.15) is 0 Å². The number of ketones is 1. The van der Waals surface area contributed by atoms with Crippen LogP contribution in [0.4, 0.5) is 0 Å². The fourth-order valence-corrected chi connectivity index (χ4v) is 4.35. The van der Waals surface area contributed by atoms with Crippen molar-refractivity contribution >= 4 is 11.7 Å². The molecule has 1 saturated heterocycles. The molecule has 3 heterocycles. The van der Waals surface area contributed by atoms with E-state index in [1.807, 2.05) is 49.4 Å². The zero-order chi connectivity index (χ0) is 19.5. The van der Waals surface area contributed by atoms with E-state index < -0.39 is 5.92 Å². The Kier molecular flexibility index (Phi) is 5.44. The van der Waals surface area contributed by atoms with E-state index in [9.17, 15) is 9.59 Å². The Balaban J connectivity index is 1.70. The van der Waals surface area contributed by atoms with Gasteiger partial charge in [0, 0.05) is 11.8 Å². The summed E-state index contributed by atoms with van der Waals surface area (Å²) in [5.41, 5.74) is 1.70. The highest BCUT2D eigenvalue weighted by molar-refractivity contribution is 6.10. The van der Waals surface area contributed by atoms with E-state index in [-0.39, 0.29) is 17.7 Å². The summed E-state index contributed by atoms with van der Waals surface area (Å²) in [4.78, 5) is 30.6. The lowest BCUT2D eigenvalue weighted by molar-refractivity contribution is -0.144. The van der Waals surface area contributed by atoms with Crippen molar-refractivity contribution in [3.63, 3.8) is 0 Å². The lowest BCUT2D eigenvalue weighted by Gasteiger charge is -2.41. The highest BCUT2D eigenvalue weighted by atomic mass is 16.3. The van der Waals surface area contributed by atoms with E-state index in [1.54, 1.807) is 17.2 Å². The number of furan rings is 1. The van der Waals surface area contributed by atoms with Gasteiger partial charge in [-0.25, -0.2) is 0 Å². The topological polar surface area (TPSA) is 53.8 Å². The summed E-state index contributed by atoms with van der Waals surface area (Å²) in [6.45, 7) is 3.99. The SMILES string of the molecule is CC1=CC(=O)C(C(c2ccccc2)N2CCCCC2)C(=O)N1Cc1ccco1. The van der Waals surface area contributed by atoms with Gasteiger partial charge in [0.2, 0.25) is 5.91 Å². The minimum atomic E-state index is -0.723. The molecule has 0 bridgehead atoms. The van der Waals surface area contributed by atoms with Crippen LogP contribution in [0.3, 0.4) is 0 Å². The highest BCUT2D eigenvalue weighted by Gasteiger charge is 2.43. The normalized spacial score (nSPS) is 22.2. The molecule has 1 aromatic heterocycles. The molecule has 2 aliphatic rings. The number of rotatable bonds is 5. The maximum Gasteiger partial charge on any atom is 0.240 e. The largest absolute Gasteiger partial charge is 0.467 e. The number of amides is 1. The van der Waals surface area contributed by atoms with Crippen LogP contribution >= 0.6 is 0 Å². The molecule has 1 aromatic carbocycles. The molecule has 1 fully saturated rings. The second-order valence-corrected chi connectivity index (χ2v) is 7.62. The highest BCUT2D eigenvalue weighted by Crippen LogP contribution is 2.36. The second kappa shape index (κ2) is 8.15. The number of likely N-dealkylation sites (tertiary alicyclic amines) is 1. The van der Waals surface area contributed by atoms with Crippen molar-refractivity contribution in [1.29, 1.82) is 0 Å². The lowest BCUT2D eigenvalue weighted by Crippen LogP contribution is -2.49. The van der Waals surface area contributed by atoms with Crippen LogP contribution in [0.1, 0.15) is 43.6 Å². The van der Waals surface area contributed by atoms with Crippen molar-refractivity contribution in [2.24, 2.45) is 5.92 Å². The fourth-order valence-electron chi connectivity index (χ4n) is 4.35. The van der Waals surface area contributed by atoms with Gasteiger partial charge < -0.3 is 9.32 Å². The average Bonchev–Trinajstić information content (AvgIpc) is 3.23. The minimum absolute atomic E-state index is 0.0994. The van der Waals surface area contributed by atoms with Gasteiger partial charge in [0.1, 0.15) is 11.7 Å². The van der Waals surface area contributed by atoms with Gasteiger partial charge in [0.05, 0.1) is 18.8 Å². The fraction of sp³-hybridized carbons (Fsp3) is 0.391. The number of carbonyl (C=O) groups excluding carboxylic acids is 2. The van der Waals surface area contributed by atoms with Crippen LogP contribution in [0.15, 0.2) is 64.9 Å². The van der Waals surface area contributed by atoms with Crippen molar-refractivity contribution in [3.05, 3.63) is 71.8 Å². The zero-order valence-corrected chi connectivity index (χ0v) is 16.2. The second-order valence-electron chi connectivity index (χ2n) is 7.62. The predicted molar refractivity (Wildman–Crippen MR) is 106 cm³/mol. The Bertz CT molecular complexity index is 851. The first-order valence-electron chi connectivity index (χ1n) is 10.00. The van der Waals surface area contributed by atoms with Gasteiger partial charge in [-0.05, 0) is 50.6 Å². The summed E-state index contributed by atoms with van der Waals surface area (Å²) in [5, 5.41) is 0. The third-order valence-corrected chi connectivity index (χ3v) is 5.75. The molecule has 0 radical (unpaired) electrons. The molecular weight excluding hydrogens is 352 g/mol. The maximum absolute atomic E-state index is 13.5. The molecule has 4 rings (SSSR count). The first kappa shape index (κ1) is 18.7. The summed E-state index contributed by atoms with van der Waals surface area (Å²) in [7, 11) is 0. The Hall–Kier alpha value is -2.66. The van der Waals surface area contributed by atoms with Crippen LogP contribution in [-0.2, 0) is 16.1 Å². The zero-order valence-electron chi connectivity index (χ0n) is 16.2. The number of benzene rings is 1. The van der Waals surface area contributed by atoms with Crippen LogP contribution in [0.2, 0.25) is 0 Å². The molecule has 0 spiro atoms. The molecule has 0 aliphatic carbocycles. The first-order valence-corrected chi connectivity index (χ1v) is 10.00. The number of allylic oxidation sites excluding steroid dienone is 2. The Morgan fingerprint density at radius 2 is 1.79 bits per heavy atom.